The number of hydrogen-bond acceptors (Lipinski definition) is 3. The van der Waals surface area contributed by atoms with Gasteiger partial charge < -0.3 is 20.9 Å². The van der Waals surface area contributed by atoms with Crippen molar-refractivity contribution >= 4 is 46.4 Å². The molecule has 6 nitrogen and oxygen atoms in total. The van der Waals surface area contributed by atoms with Crippen LogP contribution in [0.15, 0.2) is 47.5 Å². The lowest BCUT2D eigenvalue weighted by molar-refractivity contribution is -0.116. The van der Waals surface area contributed by atoms with Gasteiger partial charge in [0.25, 0.3) is 0 Å². The number of carbonyl (C=O) groups excluding carboxylic acids is 1. The lowest BCUT2D eigenvalue weighted by Gasteiger charge is -2.61. The van der Waals surface area contributed by atoms with Crippen molar-refractivity contribution in [2.45, 2.75) is 65.5 Å². The number of guanidine groups is 1. The summed E-state index contributed by atoms with van der Waals surface area (Å²) in [5.41, 5.74) is 3.10. The predicted molar refractivity (Wildman–Crippen MR) is 163 cm³/mol. The standard InChI is InChI=1S/C31H41Cl2N5O/c1-19-18-38(14-13-34-19)30(37-28-16-22-15-26(20(28)2)31(22,3)4)36-25-10-8-24(9-11-25)35-29(39)12-6-21-5-7-23(32)17-27(21)33/h5,7-11,17,19-20,22,26,28,34H,6,12-16,18H2,1-4H3,(H,35,39)(H,36,37)/t19-,20-,22+,26-,28-/m0/s1. The minimum Gasteiger partial charge on any atom is -0.340 e. The fourth-order valence-corrected chi connectivity index (χ4v) is 7.23. The van der Waals surface area contributed by atoms with Crippen LogP contribution in [0.4, 0.5) is 11.4 Å². The van der Waals surface area contributed by atoms with Crippen LogP contribution in [0.25, 0.3) is 0 Å². The molecule has 6 rings (SSSR count). The molecule has 1 saturated heterocycles. The van der Waals surface area contributed by atoms with Crippen LogP contribution in [0.5, 0.6) is 0 Å². The minimum atomic E-state index is -0.0495. The largest absolute Gasteiger partial charge is 0.340 e. The van der Waals surface area contributed by atoms with Gasteiger partial charge in [0.2, 0.25) is 5.91 Å². The summed E-state index contributed by atoms with van der Waals surface area (Å²) >= 11 is 12.2. The molecule has 39 heavy (non-hydrogen) atoms. The summed E-state index contributed by atoms with van der Waals surface area (Å²) in [6.45, 7) is 12.3. The first kappa shape index (κ1) is 28.3. The monoisotopic (exact) mass is 569 g/mol. The SMILES string of the molecule is C[C@@H]1[C@@H](/N=C(\Nc2ccc(NC(=O)CCc3ccc(Cl)cc3Cl)cc2)N2CCN[C@@H](C)C2)C[C@H]2C[C@@H]1C2(C)C. The molecular weight excluding hydrogens is 529 g/mol. The highest BCUT2D eigenvalue weighted by Crippen LogP contribution is 2.61. The Kier molecular flexibility index (Phi) is 8.46. The van der Waals surface area contributed by atoms with E-state index in [1.54, 1.807) is 12.1 Å². The van der Waals surface area contributed by atoms with Gasteiger partial charge in [0.1, 0.15) is 0 Å². The lowest BCUT2D eigenvalue weighted by Crippen LogP contribution is -2.57. The normalized spacial score (nSPS) is 28.0. The number of nitrogens with one attached hydrogen (secondary N) is 3. The van der Waals surface area contributed by atoms with Gasteiger partial charge in [0.05, 0.1) is 6.04 Å². The van der Waals surface area contributed by atoms with Crippen LogP contribution in [0, 0.1) is 23.2 Å². The van der Waals surface area contributed by atoms with Crippen molar-refractivity contribution in [1.82, 2.24) is 10.2 Å². The molecule has 210 valence electrons. The Balaban J connectivity index is 1.23. The predicted octanol–water partition coefficient (Wildman–Crippen LogP) is 6.70. The molecule has 4 fully saturated rings. The van der Waals surface area contributed by atoms with E-state index in [4.69, 9.17) is 28.2 Å². The molecule has 2 bridgehead atoms. The maximum Gasteiger partial charge on any atom is 0.224 e. The van der Waals surface area contributed by atoms with E-state index in [2.05, 4.69) is 48.5 Å². The number of aliphatic imine (C=N–C) groups is 1. The third-order valence-corrected chi connectivity index (χ3v) is 9.92. The Morgan fingerprint density at radius 1 is 1.08 bits per heavy atom. The van der Waals surface area contributed by atoms with Crippen molar-refractivity contribution in [3.63, 3.8) is 0 Å². The Bertz CT molecular complexity index is 1210. The molecule has 1 aliphatic heterocycles. The van der Waals surface area contributed by atoms with E-state index < -0.39 is 0 Å². The summed E-state index contributed by atoms with van der Waals surface area (Å²) in [6, 6.07) is 14.0. The number of aryl methyl sites for hydroxylation is 1. The van der Waals surface area contributed by atoms with Gasteiger partial charge in [-0.05, 0) is 91.3 Å². The van der Waals surface area contributed by atoms with E-state index >= 15 is 0 Å². The zero-order chi connectivity index (χ0) is 27.7. The molecule has 0 spiro atoms. The first-order valence-electron chi connectivity index (χ1n) is 14.3. The summed E-state index contributed by atoms with van der Waals surface area (Å²) in [7, 11) is 0. The van der Waals surface area contributed by atoms with E-state index in [1.165, 1.54) is 12.8 Å². The second-order valence-electron chi connectivity index (χ2n) is 12.3. The molecule has 3 N–H and O–H groups in total. The van der Waals surface area contributed by atoms with E-state index in [0.717, 1.165) is 54.4 Å². The average molecular weight is 571 g/mol. The zero-order valence-corrected chi connectivity index (χ0v) is 24.9. The number of nitrogens with zero attached hydrogens (tertiary/aromatic N) is 2. The highest BCUT2D eigenvalue weighted by molar-refractivity contribution is 6.35. The van der Waals surface area contributed by atoms with Crippen molar-refractivity contribution in [2.75, 3.05) is 30.3 Å². The van der Waals surface area contributed by atoms with Crippen LogP contribution in [0.3, 0.4) is 0 Å². The Labute approximate surface area is 242 Å². The molecule has 0 unspecified atom stereocenters. The van der Waals surface area contributed by atoms with Crippen LogP contribution in [-0.2, 0) is 11.2 Å². The number of benzene rings is 2. The van der Waals surface area contributed by atoms with E-state index in [0.29, 0.717) is 46.3 Å². The molecule has 8 heteroatoms. The van der Waals surface area contributed by atoms with Crippen LogP contribution in [-0.4, -0.2) is 48.5 Å². The lowest BCUT2D eigenvalue weighted by atomic mass is 9.45. The molecule has 0 radical (unpaired) electrons. The van der Waals surface area contributed by atoms with Crippen molar-refractivity contribution < 1.29 is 4.79 Å². The molecule has 5 atom stereocenters. The van der Waals surface area contributed by atoms with Crippen LogP contribution >= 0.6 is 23.2 Å². The number of halogens is 2. The fraction of sp³-hybridized carbons (Fsp3) is 0.548. The van der Waals surface area contributed by atoms with Gasteiger partial charge >= 0.3 is 0 Å². The Morgan fingerprint density at radius 2 is 1.79 bits per heavy atom. The number of rotatable bonds is 6. The highest BCUT2D eigenvalue weighted by atomic mass is 35.5. The minimum absolute atomic E-state index is 0.0495. The topological polar surface area (TPSA) is 68.8 Å². The quantitative estimate of drug-likeness (QED) is 0.267. The van der Waals surface area contributed by atoms with Crippen molar-refractivity contribution in [3.8, 4) is 0 Å². The summed E-state index contributed by atoms with van der Waals surface area (Å²) < 4.78 is 0. The second kappa shape index (κ2) is 11.7. The maximum atomic E-state index is 12.6. The van der Waals surface area contributed by atoms with Crippen LogP contribution in [0.1, 0.15) is 52.5 Å². The maximum absolute atomic E-state index is 12.6. The summed E-state index contributed by atoms with van der Waals surface area (Å²) in [5.74, 6) is 3.03. The Morgan fingerprint density at radius 3 is 2.44 bits per heavy atom. The third kappa shape index (κ3) is 6.39. The van der Waals surface area contributed by atoms with Gasteiger partial charge in [0.15, 0.2) is 5.96 Å². The number of hydrogen-bond donors (Lipinski definition) is 3. The molecule has 1 amide bonds. The molecule has 3 aliphatic carbocycles. The van der Waals surface area contributed by atoms with Gasteiger partial charge in [-0.1, -0.05) is 50.0 Å². The number of carbonyl (C=O) groups is 1. The van der Waals surface area contributed by atoms with Crippen molar-refractivity contribution in [3.05, 3.63) is 58.1 Å². The number of anilines is 2. The van der Waals surface area contributed by atoms with Crippen molar-refractivity contribution in [2.24, 2.45) is 28.2 Å². The van der Waals surface area contributed by atoms with Gasteiger partial charge in [-0.3, -0.25) is 4.79 Å². The van der Waals surface area contributed by atoms with Crippen LogP contribution in [0.2, 0.25) is 10.0 Å². The van der Waals surface area contributed by atoms with Gasteiger partial charge in [-0.25, -0.2) is 4.99 Å². The summed E-state index contributed by atoms with van der Waals surface area (Å²) in [6.07, 6.45) is 3.43. The molecule has 2 aromatic carbocycles. The fourth-order valence-electron chi connectivity index (χ4n) is 6.73. The Hall–Kier alpha value is -2.28. The zero-order valence-electron chi connectivity index (χ0n) is 23.4. The first-order valence-corrected chi connectivity index (χ1v) is 15.0. The van der Waals surface area contributed by atoms with E-state index in [-0.39, 0.29) is 5.91 Å². The molecular formula is C31H41Cl2N5O. The van der Waals surface area contributed by atoms with Gasteiger partial charge in [0, 0.05) is 53.5 Å². The van der Waals surface area contributed by atoms with E-state index in [1.807, 2.05) is 30.3 Å². The average Bonchev–Trinajstić information content (AvgIpc) is 2.89. The highest BCUT2D eigenvalue weighted by Gasteiger charge is 2.56. The van der Waals surface area contributed by atoms with Crippen LogP contribution < -0.4 is 16.0 Å². The summed E-state index contributed by atoms with van der Waals surface area (Å²) in [4.78, 5) is 20.3. The summed E-state index contributed by atoms with van der Waals surface area (Å²) in [5, 5.41) is 11.4. The first-order chi connectivity index (χ1) is 18.6. The molecule has 4 aliphatic rings. The smallest absolute Gasteiger partial charge is 0.224 e. The number of amides is 1. The van der Waals surface area contributed by atoms with Gasteiger partial charge in [-0.2, -0.15) is 0 Å². The molecule has 2 aromatic rings. The van der Waals surface area contributed by atoms with Gasteiger partial charge in [-0.15, -0.1) is 0 Å². The molecule has 3 saturated carbocycles. The molecule has 0 aromatic heterocycles. The third-order valence-electron chi connectivity index (χ3n) is 9.33. The van der Waals surface area contributed by atoms with Crippen molar-refractivity contribution in [1.29, 1.82) is 0 Å². The number of piperazine rings is 1. The molecule has 1 heterocycles. The number of fused-ring (bicyclic) bond motifs is 2. The second-order valence-corrected chi connectivity index (χ2v) is 13.1. The van der Waals surface area contributed by atoms with E-state index in [9.17, 15) is 4.79 Å².